The normalized spacial score (nSPS) is 33.5. The Kier molecular flexibility index (Phi) is 2.49. The van der Waals surface area contributed by atoms with Crippen molar-refractivity contribution in [3.8, 4) is 0 Å². The highest BCUT2D eigenvalue weighted by atomic mass is 14.9. The van der Waals surface area contributed by atoms with Gasteiger partial charge in [-0.15, -0.1) is 0 Å². The first-order valence-corrected chi connectivity index (χ1v) is 6.19. The van der Waals surface area contributed by atoms with Gasteiger partial charge in [0.25, 0.3) is 0 Å². The van der Waals surface area contributed by atoms with E-state index < -0.39 is 0 Å². The molecule has 0 radical (unpaired) electrons. The van der Waals surface area contributed by atoms with Crippen LogP contribution in [0.3, 0.4) is 0 Å². The Balaban J connectivity index is 1.55. The van der Waals surface area contributed by atoms with Crippen molar-refractivity contribution in [2.45, 2.75) is 38.3 Å². The van der Waals surface area contributed by atoms with E-state index in [0.717, 1.165) is 24.4 Å². The molecule has 0 aliphatic heterocycles. The van der Waals surface area contributed by atoms with E-state index in [2.05, 4.69) is 35.6 Å². The van der Waals surface area contributed by atoms with Crippen LogP contribution in [-0.4, -0.2) is 6.04 Å². The molecule has 15 heavy (non-hydrogen) atoms. The summed E-state index contributed by atoms with van der Waals surface area (Å²) < 4.78 is 0. The van der Waals surface area contributed by atoms with E-state index in [0.29, 0.717) is 0 Å². The molecule has 1 nitrogen and oxygen atoms in total. The molecule has 80 valence electrons. The molecule has 3 rings (SSSR count). The van der Waals surface area contributed by atoms with Crippen LogP contribution in [0.4, 0.5) is 0 Å². The molecule has 0 spiro atoms. The number of hydrogen-bond acceptors (Lipinski definition) is 1. The number of rotatable bonds is 3. The smallest absolute Gasteiger partial charge is 0.0208 e. The minimum Gasteiger partial charge on any atom is -0.310 e. The second kappa shape index (κ2) is 3.97. The van der Waals surface area contributed by atoms with Gasteiger partial charge in [0.1, 0.15) is 0 Å². The molecule has 0 saturated heterocycles. The third kappa shape index (κ3) is 1.93. The highest BCUT2D eigenvalue weighted by molar-refractivity contribution is 5.14. The Labute approximate surface area is 91.9 Å². The lowest BCUT2D eigenvalue weighted by Crippen LogP contribution is -2.33. The maximum Gasteiger partial charge on any atom is 0.0208 e. The Morgan fingerprint density at radius 1 is 1.07 bits per heavy atom. The van der Waals surface area contributed by atoms with Gasteiger partial charge < -0.3 is 5.32 Å². The summed E-state index contributed by atoms with van der Waals surface area (Å²) in [6.45, 7) is 1.05. The Morgan fingerprint density at radius 2 is 1.93 bits per heavy atom. The van der Waals surface area contributed by atoms with E-state index in [-0.39, 0.29) is 0 Å². The lowest BCUT2D eigenvalue weighted by Gasteiger charge is -2.22. The molecule has 0 unspecified atom stereocenters. The van der Waals surface area contributed by atoms with Crippen LogP contribution in [-0.2, 0) is 6.54 Å². The standard InChI is InChI=1S/C14H19N/c1-2-4-11(5-3-1)10-15-14-9-12-6-7-13(14)8-12/h1-5,12-15H,6-10H2/t12-,13+,14-/m1/s1. The summed E-state index contributed by atoms with van der Waals surface area (Å²) in [5.74, 6) is 2.03. The molecule has 3 atom stereocenters. The first-order chi connectivity index (χ1) is 7.42. The molecule has 2 aliphatic rings. The molecule has 0 aromatic heterocycles. The largest absolute Gasteiger partial charge is 0.310 e. The average Bonchev–Trinajstić information content (AvgIpc) is 2.89. The highest BCUT2D eigenvalue weighted by Gasteiger charge is 2.38. The summed E-state index contributed by atoms with van der Waals surface area (Å²) in [6.07, 6.45) is 5.88. The van der Waals surface area contributed by atoms with Crippen molar-refractivity contribution >= 4 is 0 Å². The highest BCUT2D eigenvalue weighted by Crippen LogP contribution is 2.44. The maximum absolute atomic E-state index is 3.73. The van der Waals surface area contributed by atoms with Gasteiger partial charge in [0.05, 0.1) is 0 Å². The van der Waals surface area contributed by atoms with E-state index in [1.54, 1.807) is 0 Å². The number of fused-ring (bicyclic) bond motifs is 2. The molecule has 1 aromatic rings. The van der Waals surface area contributed by atoms with Crippen LogP contribution in [0.2, 0.25) is 0 Å². The van der Waals surface area contributed by atoms with Crippen molar-refractivity contribution in [1.82, 2.24) is 5.32 Å². The molecule has 2 bridgehead atoms. The number of benzene rings is 1. The summed E-state index contributed by atoms with van der Waals surface area (Å²) in [6, 6.07) is 11.6. The predicted molar refractivity (Wildman–Crippen MR) is 62.5 cm³/mol. The quantitative estimate of drug-likeness (QED) is 0.792. The second-order valence-corrected chi connectivity index (χ2v) is 5.15. The molecule has 2 fully saturated rings. The second-order valence-electron chi connectivity index (χ2n) is 5.15. The molecular weight excluding hydrogens is 182 g/mol. The van der Waals surface area contributed by atoms with Gasteiger partial charge in [0.2, 0.25) is 0 Å². The molecule has 1 aromatic carbocycles. The minimum atomic E-state index is 0.809. The zero-order valence-corrected chi connectivity index (χ0v) is 9.15. The molecule has 1 N–H and O–H groups in total. The molecule has 2 saturated carbocycles. The van der Waals surface area contributed by atoms with E-state index in [9.17, 15) is 0 Å². The van der Waals surface area contributed by atoms with Crippen LogP contribution in [0, 0.1) is 11.8 Å². The summed E-state index contributed by atoms with van der Waals surface area (Å²) in [7, 11) is 0. The zero-order chi connectivity index (χ0) is 10.1. The first kappa shape index (κ1) is 9.41. The van der Waals surface area contributed by atoms with Gasteiger partial charge in [-0.1, -0.05) is 36.8 Å². The van der Waals surface area contributed by atoms with Crippen molar-refractivity contribution in [3.05, 3.63) is 35.9 Å². The van der Waals surface area contributed by atoms with Gasteiger partial charge in [0.15, 0.2) is 0 Å². The van der Waals surface area contributed by atoms with Crippen LogP contribution >= 0.6 is 0 Å². The molecule has 1 heteroatoms. The van der Waals surface area contributed by atoms with Crippen LogP contribution in [0.25, 0.3) is 0 Å². The van der Waals surface area contributed by atoms with Gasteiger partial charge >= 0.3 is 0 Å². The van der Waals surface area contributed by atoms with Crippen molar-refractivity contribution in [3.63, 3.8) is 0 Å². The van der Waals surface area contributed by atoms with Crippen LogP contribution in [0.1, 0.15) is 31.2 Å². The third-order valence-corrected chi connectivity index (χ3v) is 4.15. The van der Waals surface area contributed by atoms with Gasteiger partial charge in [-0.3, -0.25) is 0 Å². The maximum atomic E-state index is 3.73. The average molecular weight is 201 g/mol. The lowest BCUT2D eigenvalue weighted by molar-refractivity contribution is 0.351. The third-order valence-electron chi connectivity index (χ3n) is 4.15. The van der Waals surface area contributed by atoms with Gasteiger partial charge in [0, 0.05) is 12.6 Å². The fourth-order valence-corrected chi connectivity index (χ4v) is 3.34. The molecule has 2 aliphatic carbocycles. The van der Waals surface area contributed by atoms with E-state index >= 15 is 0 Å². The first-order valence-electron chi connectivity index (χ1n) is 6.19. The van der Waals surface area contributed by atoms with E-state index in [4.69, 9.17) is 0 Å². The van der Waals surface area contributed by atoms with Crippen molar-refractivity contribution in [1.29, 1.82) is 0 Å². The molecular formula is C14H19N. The van der Waals surface area contributed by atoms with E-state index in [1.165, 1.54) is 31.2 Å². The van der Waals surface area contributed by atoms with Crippen molar-refractivity contribution in [2.24, 2.45) is 11.8 Å². The topological polar surface area (TPSA) is 12.0 Å². The van der Waals surface area contributed by atoms with Gasteiger partial charge in [-0.05, 0) is 36.7 Å². The molecule has 0 heterocycles. The predicted octanol–water partition coefficient (Wildman–Crippen LogP) is 2.96. The van der Waals surface area contributed by atoms with Crippen LogP contribution < -0.4 is 5.32 Å². The van der Waals surface area contributed by atoms with Crippen LogP contribution in [0.15, 0.2) is 30.3 Å². The van der Waals surface area contributed by atoms with Crippen molar-refractivity contribution < 1.29 is 0 Å². The Morgan fingerprint density at radius 3 is 2.60 bits per heavy atom. The fourth-order valence-electron chi connectivity index (χ4n) is 3.34. The number of hydrogen-bond donors (Lipinski definition) is 1. The van der Waals surface area contributed by atoms with E-state index in [1.807, 2.05) is 0 Å². The SMILES string of the molecule is c1ccc(CN[C@@H]2C[C@@H]3CC[C@H]2C3)cc1. The summed E-state index contributed by atoms with van der Waals surface area (Å²) >= 11 is 0. The Bertz CT molecular complexity index is 319. The Hall–Kier alpha value is -0.820. The summed E-state index contributed by atoms with van der Waals surface area (Å²) in [4.78, 5) is 0. The zero-order valence-electron chi connectivity index (χ0n) is 9.15. The summed E-state index contributed by atoms with van der Waals surface area (Å²) in [5, 5.41) is 3.73. The molecule has 0 amide bonds. The van der Waals surface area contributed by atoms with Crippen molar-refractivity contribution in [2.75, 3.05) is 0 Å². The van der Waals surface area contributed by atoms with Gasteiger partial charge in [-0.2, -0.15) is 0 Å². The minimum absolute atomic E-state index is 0.809. The monoisotopic (exact) mass is 201 g/mol. The number of nitrogens with one attached hydrogen (secondary N) is 1. The fraction of sp³-hybridized carbons (Fsp3) is 0.571. The van der Waals surface area contributed by atoms with Crippen LogP contribution in [0.5, 0.6) is 0 Å². The lowest BCUT2D eigenvalue weighted by atomic mass is 9.95. The summed E-state index contributed by atoms with van der Waals surface area (Å²) in [5.41, 5.74) is 1.42. The van der Waals surface area contributed by atoms with Gasteiger partial charge in [-0.25, -0.2) is 0 Å².